The number of aromatic nitrogens is 4. The van der Waals surface area contributed by atoms with Crippen molar-refractivity contribution < 1.29 is 9.32 Å². The molecule has 1 saturated heterocycles. The summed E-state index contributed by atoms with van der Waals surface area (Å²) in [6, 6.07) is 0. The summed E-state index contributed by atoms with van der Waals surface area (Å²) in [4.78, 5) is 22.1. The Morgan fingerprint density at radius 3 is 2.55 bits per heavy atom. The average Bonchev–Trinajstić information content (AvgIpc) is 3.49. The normalized spacial score (nSPS) is 35.0. The number of halogens is 1. The van der Waals surface area contributed by atoms with Crippen LogP contribution in [0, 0.1) is 11.8 Å². The van der Waals surface area contributed by atoms with E-state index >= 15 is 0 Å². The molecule has 0 aromatic carbocycles. The number of hydrogen-bond donors (Lipinski definition) is 2. The number of hydrogen-bond acceptors (Lipinski definition) is 8. The molecule has 4 heterocycles. The van der Waals surface area contributed by atoms with Crippen molar-refractivity contribution in [1.82, 2.24) is 19.9 Å². The molecule has 0 radical (unpaired) electrons. The number of piperidine rings is 1. The first kappa shape index (κ1) is 20.5. The van der Waals surface area contributed by atoms with Gasteiger partial charge in [-0.2, -0.15) is 4.98 Å². The number of fused-ring (bicyclic) bond motifs is 5. The molecule has 8 nitrogen and oxygen atoms in total. The van der Waals surface area contributed by atoms with Crippen LogP contribution >= 0.6 is 11.6 Å². The highest BCUT2D eigenvalue weighted by Crippen LogP contribution is 2.56. The molecule has 0 spiro atoms. The Balaban J connectivity index is 1.21. The van der Waals surface area contributed by atoms with E-state index in [9.17, 15) is 9.32 Å². The minimum atomic E-state index is -1.06. The first-order valence-electron chi connectivity index (χ1n) is 12.0. The Morgan fingerprint density at radius 1 is 1.18 bits per heavy atom. The largest absolute Gasteiger partial charge is 0.394 e. The number of rotatable bonds is 5. The average molecular weight is 487 g/mol. The summed E-state index contributed by atoms with van der Waals surface area (Å²) in [6.45, 7) is 1.80. The van der Waals surface area contributed by atoms with Crippen LogP contribution in [0.15, 0.2) is 17.3 Å². The van der Waals surface area contributed by atoms with Crippen molar-refractivity contribution in [1.29, 1.82) is 0 Å². The number of nitrogens with one attached hydrogen (secondary N) is 1. The maximum Gasteiger partial charge on any atom is 0.227 e. The van der Waals surface area contributed by atoms with Crippen molar-refractivity contribution in [2.45, 2.75) is 66.0 Å². The summed E-state index contributed by atoms with van der Waals surface area (Å²) in [7, 11) is -1.06. The van der Waals surface area contributed by atoms with Crippen LogP contribution in [0.4, 0.5) is 11.8 Å². The minimum absolute atomic E-state index is 0.0667. The van der Waals surface area contributed by atoms with Crippen LogP contribution in [-0.4, -0.2) is 59.7 Å². The first-order valence-corrected chi connectivity index (χ1v) is 13.6. The molecule has 2 bridgehead atoms. The quantitative estimate of drug-likeness (QED) is 0.664. The third-order valence-corrected chi connectivity index (χ3v) is 10.6. The molecule has 10 heteroatoms. The summed E-state index contributed by atoms with van der Waals surface area (Å²) >= 11 is 6.01. The predicted octanol–water partition coefficient (Wildman–Crippen LogP) is 2.85. The third-order valence-electron chi connectivity index (χ3n) is 8.49. The summed E-state index contributed by atoms with van der Waals surface area (Å²) in [5.74, 6) is 3.87. The SMILES string of the molecule is O=[S@@]1c2c(NC3(CO)CCC3)nc(N3CC4CCC(C3)C4c3ncc(Cl)cn3)nc2C2CC21. The van der Waals surface area contributed by atoms with Crippen LogP contribution in [0.5, 0.6) is 0 Å². The van der Waals surface area contributed by atoms with Crippen LogP contribution in [0.2, 0.25) is 5.02 Å². The van der Waals surface area contributed by atoms with E-state index in [1.54, 1.807) is 12.4 Å². The van der Waals surface area contributed by atoms with Gasteiger partial charge in [-0.15, -0.1) is 0 Å². The highest BCUT2D eigenvalue weighted by Gasteiger charge is 2.55. The smallest absolute Gasteiger partial charge is 0.227 e. The van der Waals surface area contributed by atoms with Gasteiger partial charge in [0.25, 0.3) is 0 Å². The maximum atomic E-state index is 13.1. The van der Waals surface area contributed by atoms with Crippen LogP contribution in [0.1, 0.15) is 61.9 Å². The summed E-state index contributed by atoms with van der Waals surface area (Å²) < 4.78 is 13.1. The molecule has 7 rings (SSSR count). The zero-order valence-electron chi connectivity index (χ0n) is 18.3. The minimum Gasteiger partial charge on any atom is -0.394 e. The lowest BCUT2D eigenvalue weighted by Crippen LogP contribution is -2.49. The number of aliphatic hydroxyl groups is 1. The second-order valence-electron chi connectivity index (χ2n) is 10.5. The van der Waals surface area contributed by atoms with Gasteiger partial charge >= 0.3 is 0 Å². The van der Waals surface area contributed by atoms with Gasteiger partial charge in [0, 0.05) is 42.6 Å². The number of nitrogens with zero attached hydrogens (tertiary/aromatic N) is 5. The predicted molar refractivity (Wildman–Crippen MR) is 125 cm³/mol. The summed E-state index contributed by atoms with van der Waals surface area (Å²) in [5.41, 5.74) is 0.627. The van der Waals surface area contributed by atoms with E-state index in [1.165, 1.54) is 0 Å². The molecule has 4 unspecified atom stereocenters. The molecular weight excluding hydrogens is 460 g/mol. The Labute approximate surface area is 200 Å². The van der Waals surface area contributed by atoms with Gasteiger partial charge in [0.15, 0.2) is 0 Å². The lowest BCUT2D eigenvalue weighted by molar-refractivity contribution is 0.143. The Morgan fingerprint density at radius 2 is 1.91 bits per heavy atom. The molecule has 3 saturated carbocycles. The van der Waals surface area contributed by atoms with E-state index in [0.717, 1.165) is 74.0 Å². The molecule has 0 amide bonds. The first-order chi connectivity index (χ1) is 16.0. The van der Waals surface area contributed by atoms with E-state index in [2.05, 4.69) is 20.2 Å². The van der Waals surface area contributed by atoms with Crippen LogP contribution in [-0.2, 0) is 10.8 Å². The third kappa shape index (κ3) is 3.15. The highest BCUT2D eigenvalue weighted by atomic mass is 35.5. The second kappa shape index (κ2) is 7.33. The molecule has 5 aliphatic rings. The van der Waals surface area contributed by atoms with E-state index in [4.69, 9.17) is 21.6 Å². The van der Waals surface area contributed by atoms with Crippen molar-refractivity contribution in [3.8, 4) is 0 Å². The van der Waals surface area contributed by atoms with Gasteiger partial charge in [0.1, 0.15) is 16.5 Å². The van der Waals surface area contributed by atoms with Crippen molar-refractivity contribution in [3.05, 3.63) is 28.9 Å². The Bertz CT molecular complexity index is 1120. The van der Waals surface area contributed by atoms with E-state index < -0.39 is 10.8 Å². The monoisotopic (exact) mass is 486 g/mol. The number of anilines is 2. The highest BCUT2D eigenvalue weighted by molar-refractivity contribution is 7.86. The van der Waals surface area contributed by atoms with Gasteiger partial charge in [0.05, 0.1) is 33.7 Å². The molecule has 3 aliphatic carbocycles. The van der Waals surface area contributed by atoms with E-state index in [0.29, 0.717) is 34.5 Å². The van der Waals surface area contributed by atoms with Gasteiger partial charge in [-0.3, -0.25) is 4.21 Å². The van der Waals surface area contributed by atoms with Gasteiger partial charge in [0.2, 0.25) is 5.95 Å². The fourth-order valence-corrected chi connectivity index (χ4v) is 8.36. The van der Waals surface area contributed by atoms with Gasteiger partial charge in [-0.05, 0) is 50.4 Å². The van der Waals surface area contributed by atoms with Gasteiger partial charge in [-0.1, -0.05) is 11.6 Å². The van der Waals surface area contributed by atoms with Crippen molar-refractivity contribution in [2.24, 2.45) is 11.8 Å². The van der Waals surface area contributed by atoms with Crippen LogP contribution in [0.3, 0.4) is 0 Å². The van der Waals surface area contributed by atoms with E-state index in [-0.39, 0.29) is 17.4 Å². The van der Waals surface area contributed by atoms with Crippen molar-refractivity contribution in [2.75, 3.05) is 29.9 Å². The molecule has 174 valence electrons. The zero-order valence-corrected chi connectivity index (χ0v) is 19.9. The Kier molecular flexibility index (Phi) is 4.56. The Hall–Kier alpha value is -1.84. The van der Waals surface area contributed by atoms with Gasteiger partial charge in [-0.25, -0.2) is 15.0 Å². The molecule has 2 N–H and O–H groups in total. The maximum absolute atomic E-state index is 13.1. The number of aliphatic hydroxyl groups excluding tert-OH is 1. The van der Waals surface area contributed by atoms with Crippen molar-refractivity contribution >= 4 is 34.2 Å². The molecular formula is C23H27ClN6O2S. The van der Waals surface area contributed by atoms with Crippen LogP contribution < -0.4 is 10.2 Å². The van der Waals surface area contributed by atoms with Crippen LogP contribution in [0.25, 0.3) is 0 Å². The molecule has 2 aliphatic heterocycles. The van der Waals surface area contributed by atoms with Gasteiger partial charge < -0.3 is 15.3 Å². The molecule has 4 fully saturated rings. The summed E-state index contributed by atoms with van der Waals surface area (Å²) in [5, 5.41) is 14.3. The molecule has 2 aromatic heterocycles. The lowest BCUT2D eigenvalue weighted by Gasteiger charge is -2.42. The van der Waals surface area contributed by atoms with E-state index in [1.807, 2.05) is 0 Å². The summed E-state index contributed by atoms with van der Waals surface area (Å²) in [6.07, 6.45) is 9.56. The second-order valence-corrected chi connectivity index (χ2v) is 12.5. The molecule has 5 atom stereocenters. The zero-order chi connectivity index (χ0) is 22.3. The topological polar surface area (TPSA) is 104 Å². The van der Waals surface area contributed by atoms with Crippen molar-refractivity contribution in [3.63, 3.8) is 0 Å². The molecule has 33 heavy (non-hydrogen) atoms. The fourth-order valence-electron chi connectivity index (χ4n) is 6.46. The molecule has 2 aromatic rings. The standard InChI is InChI=1S/C23H27ClN6O2S/c24-14-7-25-20(26-8-14)17-12-2-3-13(17)10-30(9-12)22-27-18-15-6-16(15)33(32)19(18)21(28-22)29-23(11-31)4-1-5-23/h7-8,12-13,15-17,31H,1-6,9-11H2,(H,27,28,29)/t12?,13?,15?,16?,17?,33-/m0/s1. The fraction of sp³-hybridized carbons (Fsp3) is 0.652. The lowest BCUT2D eigenvalue weighted by atomic mass is 9.77.